The summed E-state index contributed by atoms with van der Waals surface area (Å²) in [6.07, 6.45) is -1.35. The van der Waals surface area contributed by atoms with Crippen LogP contribution in [-0.2, 0) is 16.1 Å². The molecule has 0 atom stereocenters. The number of nitrogens with one attached hydrogen (secondary N) is 1. The van der Waals surface area contributed by atoms with Crippen molar-refractivity contribution >= 4 is 45.9 Å². The summed E-state index contributed by atoms with van der Waals surface area (Å²) in [5.74, 6) is -3.40. The molecule has 3 aromatic carbocycles. The molecule has 1 aromatic heterocycles. The number of hydrogen-bond acceptors (Lipinski definition) is 6. The van der Waals surface area contributed by atoms with Gasteiger partial charge in [0.05, 0.1) is 0 Å². The Labute approximate surface area is 255 Å². The van der Waals surface area contributed by atoms with Crippen molar-refractivity contribution in [3.63, 3.8) is 0 Å². The van der Waals surface area contributed by atoms with Gasteiger partial charge in [0.25, 0.3) is 5.91 Å². The lowest BCUT2D eigenvalue weighted by Crippen LogP contribution is -2.32. The first-order valence-electron chi connectivity index (χ1n) is 13.3. The zero-order valence-electron chi connectivity index (χ0n) is 23.3. The first-order chi connectivity index (χ1) is 20.9. The summed E-state index contributed by atoms with van der Waals surface area (Å²) in [6.45, 7) is 1.57. The zero-order chi connectivity index (χ0) is 32.1. The van der Waals surface area contributed by atoms with Crippen molar-refractivity contribution in [2.24, 2.45) is 0 Å². The molecule has 0 spiro atoms. The number of rotatable bonds is 12. The first kappa shape index (κ1) is 33.7. The van der Waals surface area contributed by atoms with Crippen LogP contribution in [0.3, 0.4) is 0 Å². The summed E-state index contributed by atoms with van der Waals surface area (Å²) in [6, 6.07) is 22.7. The smallest absolute Gasteiger partial charge is 0.490 e. The fourth-order valence-corrected chi connectivity index (χ4v) is 4.32. The quantitative estimate of drug-likeness (QED) is 0.151. The molecule has 4 aromatic rings. The SMILES string of the molecule is O=C(O)C(F)(F)F.O=C(O)CCCN(Cc1cccc2ccccc12)C(=O)c1cc(Cl)cc(OCCNc2ccncc2)c1. The van der Waals surface area contributed by atoms with E-state index >= 15 is 0 Å². The second-order valence-electron chi connectivity index (χ2n) is 9.35. The van der Waals surface area contributed by atoms with E-state index in [1.54, 1.807) is 35.5 Å². The van der Waals surface area contributed by atoms with Crippen molar-refractivity contribution in [3.8, 4) is 5.75 Å². The van der Waals surface area contributed by atoms with Gasteiger partial charge in [-0.2, -0.15) is 13.2 Å². The Morgan fingerprint density at radius 1 is 0.955 bits per heavy atom. The normalized spacial score (nSPS) is 10.8. The van der Waals surface area contributed by atoms with Gasteiger partial charge in [0.2, 0.25) is 0 Å². The van der Waals surface area contributed by atoms with E-state index in [2.05, 4.69) is 10.3 Å². The van der Waals surface area contributed by atoms with Crippen LogP contribution in [0, 0.1) is 0 Å². The number of fused-ring (bicyclic) bond motifs is 1. The number of hydrogen-bond donors (Lipinski definition) is 3. The maximum Gasteiger partial charge on any atom is 0.490 e. The zero-order valence-corrected chi connectivity index (χ0v) is 24.0. The molecule has 0 aliphatic heterocycles. The Balaban J connectivity index is 0.000000676. The number of carboxylic acid groups (broad SMARTS) is 2. The molecule has 1 amide bonds. The molecule has 0 saturated heterocycles. The Morgan fingerprint density at radius 3 is 2.32 bits per heavy atom. The average Bonchev–Trinajstić information content (AvgIpc) is 2.98. The standard InChI is InChI=1S/C29H28ClN3O4.C2HF3O2/c30-24-17-23(18-26(19-24)37-16-14-32-25-10-12-31-13-11-25)29(36)33(15-4-9-28(34)35)20-22-7-3-6-21-5-1-2-8-27(21)22;3-2(4,5)1(6)7/h1-3,5-8,10-13,17-19H,4,9,14-16,20H2,(H,31,32)(H,34,35);(H,6,7). The summed E-state index contributed by atoms with van der Waals surface area (Å²) in [5.41, 5.74) is 2.31. The van der Waals surface area contributed by atoms with Crippen LogP contribution in [0.15, 0.2) is 85.2 Å². The monoisotopic (exact) mass is 631 g/mol. The number of ether oxygens (including phenoxy) is 1. The lowest BCUT2D eigenvalue weighted by molar-refractivity contribution is -0.192. The fourth-order valence-electron chi connectivity index (χ4n) is 4.10. The second kappa shape index (κ2) is 16.1. The minimum absolute atomic E-state index is 0.0201. The van der Waals surface area contributed by atoms with E-state index in [1.807, 2.05) is 54.6 Å². The van der Waals surface area contributed by atoms with E-state index in [1.165, 1.54) is 0 Å². The largest absolute Gasteiger partial charge is 0.492 e. The third-order valence-corrected chi connectivity index (χ3v) is 6.31. The highest BCUT2D eigenvalue weighted by Gasteiger charge is 2.38. The van der Waals surface area contributed by atoms with Gasteiger partial charge in [0.15, 0.2) is 0 Å². The van der Waals surface area contributed by atoms with E-state index in [0.29, 0.717) is 49.0 Å². The number of halogens is 4. The molecular weight excluding hydrogens is 603 g/mol. The van der Waals surface area contributed by atoms with Crippen molar-refractivity contribution in [1.82, 2.24) is 9.88 Å². The van der Waals surface area contributed by atoms with Gasteiger partial charge in [-0.1, -0.05) is 54.1 Å². The van der Waals surface area contributed by atoms with Gasteiger partial charge in [0.1, 0.15) is 12.4 Å². The summed E-state index contributed by atoms with van der Waals surface area (Å²) in [5, 5.41) is 22.0. The third-order valence-electron chi connectivity index (χ3n) is 6.09. The van der Waals surface area contributed by atoms with Crippen LogP contribution in [-0.4, -0.2) is 63.8 Å². The number of amides is 1. The number of alkyl halides is 3. The summed E-state index contributed by atoms with van der Waals surface area (Å²) < 4.78 is 37.6. The number of carbonyl (C=O) groups excluding carboxylic acids is 1. The molecule has 9 nitrogen and oxygen atoms in total. The van der Waals surface area contributed by atoms with E-state index < -0.39 is 18.1 Å². The topological polar surface area (TPSA) is 129 Å². The Kier molecular flexibility index (Phi) is 12.3. The third kappa shape index (κ3) is 10.8. The van der Waals surface area contributed by atoms with Gasteiger partial charge in [-0.05, 0) is 53.1 Å². The Morgan fingerprint density at radius 2 is 1.64 bits per heavy atom. The van der Waals surface area contributed by atoms with Crippen molar-refractivity contribution < 1.29 is 42.5 Å². The highest BCUT2D eigenvalue weighted by Crippen LogP contribution is 2.25. The van der Waals surface area contributed by atoms with Crippen molar-refractivity contribution in [2.45, 2.75) is 25.6 Å². The van der Waals surface area contributed by atoms with Crippen LogP contribution in [0.1, 0.15) is 28.8 Å². The molecule has 232 valence electrons. The molecule has 0 aliphatic rings. The minimum atomic E-state index is -5.08. The maximum absolute atomic E-state index is 13.6. The molecule has 1 heterocycles. The lowest BCUT2D eigenvalue weighted by Gasteiger charge is -2.24. The summed E-state index contributed by atoms with van der Waals surface area (Å²) in [4.78, 5) is 39.3. The highest BCUT2D eigenvalue weighted by atomic mass is 35.5. The van der Waals surface area contributed by atoms with Crippen LogP contribution in [0.5, 0.6) is 5.75 Å². The van der Waals surface area contributed by atoms with Crippen LogP contribution in [0.2, 0.25) is 5.02 Å². The molecule has 13 heteroatoms. The van der Waals surface area contributed by atoms with E-state index in [-0.39, 0.29) is 12.3 Å². The molecule has 0 unspecified atom stereocenters. The maximum atomic E-state index is 13.6. The first-order valence-corrected chi connectivity index (χ1v) is 13.7. The van der Waals surface area contributed by atoms with Gasteiger partial charge in [0, 0.05) is 54.7 Å². The molecule has 4 rings (SSSR count). The fraction of sp³-hybridized carbons (Fsp3) is 0.226. The number of aromatic nitrogens is 1. The van der Waals surface area contributed by atoms with Gasteiger partial charge in [-0.25, -0.2) is 4.79 Å². The van der Waals surface area contributed by atoms with Crippen LogP contribution >= 0.6 is 11.6 Å². The molecule has 0 saturated carbocycles. The van der Waals surface area contributed by atoms with Gasteiger partial charge in [-0.3, -0.25) is 14.6 Å². The van der Waals surface area contributed by atoms with Gasteiger partial charge >= 0.3 is 18.1 Å². The molecule has 0 bridgehead atoms. The lowest BCUT2D eigenvalue weighted by atomic mass is 10.0. The summed E-state index contributed by atoms with van der Waals surface area (Å²) in [7, 11) is 0. The van der Waals surface area contributed by atoms with Crippen molar-refractivity contribution in [3.05, 3.63) is 101 Å². The van der Waals surface area contributed by atoms with E-state index in [9.17, 15) is 22.8 Å². The van der Waals surface area contributed by atoms with Gasteiger partial charge in [-0.15, -0.1) is 0 Å². The molecule has 44 heavy (non-hydrogen) atoms. The minimum Gasteiger partial charge on any atom is -0.492 e. The van der Waals surface area contributed by atoms with Crippen molar-refractivity contribution in [1.29, 1.82) is 0 Å². The number of aliphatic carboxylic acids is 2. The molecule has 0 radical (unpaired) electrons. The molecule has 3 N–H and O–H groups in total. The van der Waals surface area contributed by atoms with Crippen LogP contribution in [0.4, 0.5) is 18.9 Å². The van der Waals surface area contributed by atoms with Crippen LogP contribution in [0.25, 0.3) is 10.8 Å². The number of pyridine rings is 1. The number of nitrogens with zero attached hydrogens (tertiary/aromatic N) is 2. The average molecular weight is 632 g/mol. The number of carbonyl (C=O) groups is 3. The molecular formula is C31H29ClF3N3O6. The van der Waals surface area contributed by atoms with Crippen LogP contribution < -0.4 is 10.1 Å². The number of carboxylic acids is 2. The second-order valence-corrected chi connectivity index (χ2v) is 9.79. The predicted octanol–water partition coefficient (Wildman–Crippen LogP) is 6.52. The Bertz CT molecular complexity index is 1570. The Hall–Kier alpha value is -4.84. The number of anilines is 1. The summed E-state index contributed by atoms with van der Waals surface area (Å²) >= 11 is 6.34. The number of benzene rings is 3. The van der Waals surface area contributed by atoms with E-state index in [0.717, 1.165) is 22.0 Å². The van der Waals surface area contributed by atoms with Gasteiger partial charge < -0.3 is 25.2 Å². The highest BCUT2D eigenvalue weighted by molar-refractivity contribution is 6.31. The van der Waals surface area contributed by atoms with E-state index in [4.69, 9.17) is 31.3 Å². The molecule has 0 aliphatic carbocycles. The predicted molar refractivity (Wildman–Crippen MR) is 159 cm³/mol. The molecule has 0 fully saturated rings. The van der Waals surface area contributed by atoms with Crippen molar-refractivity contribution in [2.75, 3.05) is 25.0 Å².